The number of halogens is 1. The van der Waals surface area contributed by atoms with E-state index in [0.717, 1.165) is 62.3 Å². The van der Waals surface area contributed by atoms with Gasteiger partial charge in [0.2, 0.25) is 5.91 Å². The summed E-state index contributed by atoms with van der Waals surface area (Å²) < 4.78 is 0. The summed E-state index contributed by atoms with van der Waals surface area (Å²) in [4.78, 5) is 48.7. The molecule has 4 aliphatic rings. The van der Waals surface area contributed by atoms with Crippen LogP contribution in [0.3, 0.4) is 0 Å². The van der Waals surface area contributed by atoms with E-state index >= 15 is 0 Å². The largest absolute Gasteiger partial charge is 0.397 e. The van der Waals surface area contributed by atoms with Gasteiger partial charge in [0, 0.05) is 75.3 Å². The van der Waals surface area contributed by atoms with Crippen molar-refractivity contribution in [1.82, 2.24) is 30.2 Å². The number of nitrogens with one attached hydrogen (secondary N) is 3. The molecule has 11 nitrogen and oxygen atoms in total. The van der Waals surface area contributed by atoms with Crippen LogP contribution in [0.5, 0.6) is 0 Å². The zero-order valence-corrected chi connectivity index (χ0v) is 27.7. The summed E-state index contributed by atoms with van der Waals surface area (Å²) in [5, 5.41) is 13.9. The Morgan fingerprint density at radius 1 is 1.02 bits per heavy atom. The van der Waals surface area contributed by atoms with Crippen molar-refractivity contribution in [2.75, 3.05) is 70.0 Å². The fraction of sp³-hybridized carbons (Fsp3) is 0.545. The van der Waals surface area contributed by atoms with Crippen molar-refractivity contribution in [1.29, 1.82) is 0 Å². The number of terminal acetylenes is 1. The van der Waals surface area contributed by atoms with Gasteiger partial charge in [-0.15, -0.1) is 17.8 Å². The average molecular weight is 667 g/mol. The number of thiophene rings is 1. The van der Waals surface area contributed by atoms with E-state index in [2.05, 4.69) is 32.2 Å². The standard InChI is InChI=1S/C33H43ClN8O3S/c1-2-23-17-22(18-27(34)30(23)35)19-28(31(43)40-15-13-39(14-16-40)25-3-8-36-9-4-25)37-32(44)41-10-6-26(7-11-41)42-12-5-24-20-46-21-29(24)38-33(42)45/h1,17-18,20-21,25-26,28,36H,3-16,19,35H2,(H,37,44)(H,38,45)/t28-/m1/s1. The molecule has 13 heteroatoms. The van der Waals surface area contributed by atoms with Crippen LogP contribution in [0.2, 0.25) is 5.02 Å². The van der Waals surface area contributed by atoms with Crippen LogP contribution < -0.4 is 21.7 Å². The van der Waals surface area contributed by atoms with Crippen LogP contribution in [0.15, 0.2) is 22.9 Å². The van der Waals surface area contributed by atoms with Crippen molar-refractivity contribution < 1.29 is 14.4 Å². The van der Waals surface area contributed by atoms with Crippen molar-refractivity contribution in [2.45, 2.75) is 56.7 Å². The molecule has 0 unspecified atom stereocenters. The van der Waals surface area contributed by atoms with E-state index in [1.165, 1.54) is 0 Å². The Morgan fingerprint density at radius 3 is 2.48 bits per heavy atom. The summed E-state index contributed by atoms with van der Waals surface area (Å²) in [5.74, 6) is 2.46. The molecule has 46 heavy (non-hydrogen) atoms. The van der Waals surface area contributed by atoms with Gasteiger partial charge >= 0.3 is 12.1 Å². The van der Waals surface area contributed by atoms with Gasteiger partial charge in [-0.25, -0.2) is 9.59 Å². The molecule has 1 aromatic carbocycles. The average Bonchev–Trinajstić information content (AvgIpc) is 3.46. The molecule has 1 aromatic heterocycles. The van der Waals surface area contributed by atoms with E-state index in [0.29, 0.717) is 67.9 Å². The molecule has 1 atom stereocenters. The van der Waals surface area contributed by atoms with Gasteiger partial charge in [-0.05, 0) is 73.8 Å². The summed E-state index contributed by atoms with van der Waals surface area (Å²) in [6.45, 7) is 6.55. The van der Waals surface area contributed by atoms with Crippen LogP contribution in [0, 0.1) is 12.3 Å². The number of piperidine rings is 2. The fourth-order valence-electron chi connectivity index (χ4n) is 7.17. The lowest BCUT2D eigenvalue weighted by atomic mass is 10.0. The zero-order valence-electron chi connectivity index (χ0n) is 26.1. The number of likely N-dealkylation sites (tertiary alicyclic amines) is 1. The molecule has 5 N–H and O–H groups in total. The van der Waals surface area contributed by atoms with Crippen molar-refractivity contribution in [3.63, 3.8) is 0 Å². The number of nitrogens with two attached hydrogens (primary N) is 1. The lowest BCUT2D eigenvalue weighted by molar-refractivity contribution is -0.135. The Bertz CT molecular complexity index is 1470. The molecule has 0 radical (unpaired) electrons. The minimum Gasteiger partial charge on any atom is -0.397 e. The number of anilines is 2. The highest BCUT2D eigenvalue weighted by Gasteiger charge is 2.35. The molecule has 0 bridgehead atoms. The van der Waals surface area contributed by atoms with Crippen LogP contribution in [0.4, 0.5) is 21.0 Å². The van der Waals surface area contributed by atoms with E-state index < -0.39 is 6.04 Å². The molecule has 4 aliphatic heterocycles. The minimum atomic E-state index is -0.795. The molecule has 5 amide bonds. The predicted octanol–water partition coefficient (Wildman–Crippen LogP) is 3.04. The van der Waals surface area contributed by atoms with E-state index in [-0.39, 0.29) is 30.4 Å². The fourth-order valence-corrected chi connectivity index (χ4v) is 8.24. The summed E-state index contributed by atoms with van der Waals surface area (Å²) in [6.07, 6.45) is 10.3. The first-order valence-electron chi connectivity index (χ1n) is 16.3. The Morgan fingerprint density at radius 2 is 1.76 bits per heavy atom. The number of fused-ring (bicyclic) bond motifs is 1. The smallest absolute Gasteiger partial charge is 0.322 e. The monoisotopic (exact) mass is 666 g/mol. The SMILES string of the molecule is C#Cc1cc(C[C@@H](NC(=O)N2CCC(N3CCc4cscc4NC3=O)CC2)C(=O)N2CCN(C3CCNCC3)CC2)cc(Cl)c1N. The van der Waals surface area contributed by atoms with Gasteiger partial charge < -0.3 is 36.4 Å². The first-order chi connectivity index (χ1) is 22.3. The highest BCUT2D eigenvalue weighted by atomic mass is 35.5. The lowest BCUT2D eigenvalue weighted by Gasteiger charge is -2.42. The molecule has 5 heterocycles. The van der Waals surface area contributed by atoms with E-state index in [1.54, 1.807) is 28.4 Å². The summed E-state index contributed by atoms with van der Waals surface area (Å²) in [6, 6.07) is 2.91. The predicted molar refractivity (Wildman–Crippen MR) is 182 cm³/mol. The molecule has 2 aromatic rings. The lowest BCUT2D eigenvalue weighted by Crippen LogP contribution is -2.59. The van der Waals surface area contributed by atoms with Gasteiger partial charge in [0.1, 0.15) is 6.04 Å². The molecule has 0 spiro atoms. The Hall–Kier alpha value is -3.50. The highest BCUT2D eigenvalue weighted by Crippen LogP contribution is 2.28. The number of rotatable bonds is 6. The quantitative estimate of drug-likeness (QED) is 0.278. The number of benzene rings is 1. The second-order valence-electron chi connectivity index (χ2n) is 12.6. The maximum atomic E-state index is 14.0. The molecule has 6 rings (SSSR count). The van der Waals surface area contributed by atoms with Gasteiger partial charge in [0.25, 0.3) is 0 Å². The number of hydrogen-bond donors (Lipinski definition) is 4. The van der Waals surface area contributed by atoms with Gasteiger partial charge in [-0.2, -0.15) is 0 Å². The van der Waals surface area contributed by atoms with Crippen LogP contribution in [0.1, 0.15) is 42.4 Å². The minimum absolute atomic E-state index is 0.0458. The molecular weight excluding hydrogens is 624 g/mol. The molecular formula is C33H43ClN8O3S. The topological polar surface area (TPSA) is 126 Å². The maximum Gasteiger partial charge on any atom is 0.322 e. The second kappa shape index (κ2) is 14.5. The Labute approximate surface area is 279 Å². The van der Waals surface area contributed by atoms with Crippen molar-refractivity contribution in [3.8, 4) is 12.3 Å². The van der Waals surface area contributed by atoms with Crippen LogP contribution in [-0.4, -0.2) is 115 Å². The van der Waals surface area contributed by atoms with Crippen molar-refractivity contribution >= 4 is 52.3 Å². The van der Waals surface area contributed by atoms with Crippen molar-refractivity contribution in [3.05, 3.63) is 44.6 Å². The van der Waals surface area contributed by atoms with Crippen LogP contribution in [-0.2, 0) is 17.6 Å². The van der Waals surface area contributed by atoms with E-state index in [1.807, 2.05) is 15.2 Å². The number of carbonyl (C=O) groups excluding carboxylic acids is 3. The molecule has 3 fully saturated rings. The number of amides is 5. The number of nitrogen functional groups attached to an aromatic ring is 1. The third kappa shape index (κ3) is 7.23. The maximum absolute atomic E-state index is 14.0. The first-order valence-corrected chi connectivity index (χ1v) is 17.6. The second-order valence-corrected chi connectivity index (χ2v) is 13.8. The summed E-state index contributed by atoms with van der Waals surface area (Å²) >= 11 is 7.99. The van der Waals surface area contributed by atoms with Crippen LogP contribution in [0.25, 0.3) is 0 Å². The Balaban J connectivity index is 1.10. The summed E-state index contributed by atoms with van der Waals surface area (Å²) in [7, 11) is 0. The van der Waals surface area contributed by atoms with Crippen molar-refractivity contribution in [2.24, 2.45) is 0 Å². The van der Waals surface area contributed by atoms with Gasteiger partial charge in [-0.1, -0.05) is 17.5 Å². The summed E-state index contributed by atoms with van der Waals surface area (Å²) in [5.41, 5.74) is 9.64. The van der Waals surface area contributed by atoms with E-state index in [4.69, 9.17) is 23.8 Å². The molecule has 0 saturated carbocycles. The number of hydrogen-bond acceptors (Lipinski definition) is 7. The third-order valence-corrected chi connectivity index (χ3v) is 11.0. The number of carbonyl (C=O) groups is 3. The molecule has 0 aliphatic carbocycles. The first kappa shape index (κ1) is 32.4. The van der Waals surface area contributed by atoms with Crippen LogP contribution >= 0.6 is 22.9 Å². The highest BCUT2D eigenvalue weighted by molar-refractivity contribution is 7.08. The molecule has 246 valence electrons. The number of urea groups is 2. The third-order valence-electron chi connectivity index (χ3n) is 9.89. The van der Waals surface area contributed by atoms with Gasteiger partial charge in [0.05, 0.1) is 16.4 Å². The number of piperazine rings is 1. The van der Waals surface area contributed by atoms with Gasteiger partial charge in [0.15, 0.2) is 0 Å². The Kier molecular flexibility index (Phi) is 10.2. The molecule has 3 saturated heterocycles. The van der Waals surface area contributed by atoms with Gasteiger partial charge in [-0.3, -0.25) is 9.69 Å². The van der Waals surface area contributed by atoms with E-state index in [9.17, 15) is 14.4 Å². The number of nitrogens with zero attached hydrogens (tertiary/aromatic N) is 4. The normalized spacial score (nSPS) is 20.8. The zero-order chi connectivity index (χ0) is 32.2.